The first-order valence-corrected chi connectivity index (χ1v) is 6.56. The third kappa shape index (κ3) is 3.12. The minimum Gasteiger partial charge on any atom is -0.349 e. The summed E-state index contributed by atoms with van der Waals surface area (Å²) in [6.45, 7) is 3.87. The van der Waals surface area contributed by atoms with E-state index in [-0.39, 0.29) is 23.1 Å². The number of carbonyl (C=O) groups excluding carboxylic acids is 1. The molecule has 0 radical (unpaired) electrons. The number of pyridine rings is 2. The van der Waals surface area contributed by atoms with Crippen molar-refractivity contribution in [2.24, 2.45) is 0 Å². The highest BCUT2D eigenvalue weighted by atomic mass is 16.2. The van der Waals surface area contributed by atoms with E-state index in [1.807, 2.05) is 13.8 Å². The molecule has 0 aromatic carbocycles. The maximum Gasteiger partial charge on any atom is 0.261 e. The smallest absolute Gasteiger partial charge is 0.261 e. The van der Waals surface area contributed by atoms with Gasteiger partial charge in [0.05, 0.1) is 0 Å². The number of aromatic nitrogens is 2. The lowest BCUT2D eigenvalue weighted by Gasteiger charge is -2.11. The highest BCUT2D eigenvalue weighted by Crippen LogP contribution is 2.13. The summed E-state index contributed by atoms with van der Waals surface area (Å²) >= 11 is 0. The number of H-pyrrole nitrogens is 1. The normalized spacial score (nSPS) is 11.9. The molecule has 20 heavy (non-hydrogen) atoms. The Bertz CT molecular complexity index is 650. The molecule has 2 N–H and O–H groups in total. The standard InChI is InChI=1S/C15H17N3O2/c1-3-10(2)17-14(19)12-4-5-13(18-15(12)20)11-6-8-16-9-7-11/h4-10H,3H2,1-2H3,(H,17,19)(H,18,20)/t10-/m0/s1. The highest BCUT2D eigenvalue weighted by Gasteiger charge is 2.13. The number of hydrogen-bond acceptors (Lipinski definition) is 3. The predicted molar refractivity (Wildman–Crippen MR) is 77.5 cm³/mol. The zero-order chi connectivity index (χ0) is 14.5. The second-order valence-corrected chi connectivity index (χ2v) is 4.63. The van der Waals surface area contributed by atoms with E-state index in [9.17, 15) is 9.59 Å². The highest BCUT2D eigenvalue weighted by molar-refractivity contribution is 5.94. The Hall–Kier alpha value is -2.43. The molecule has 0 fully saturated rings. The van der Waals surface area contributed by atoms with Crippen LogP contribution < -0.4 is 10.9 Å². The van der Waals surface area contributed by atoms with Crippen molar-refractivity contribution in [2.45, 2.75) is 26.3 Å². The molecular formula is C15H17N3O2. The summed E-state index contributed by atoms with van der Waals surface area (Å²) in [4.78, 5) is 30.6. The van der Waals surface area contributed by atoms with Crippen molar-refractivity contribution < 1.29 is 4.79 Å². The van der Waals surface area contributed by atoms with E-state index in [0.717, 1.165) is 12.0 Å². The topological polar surface area (TPSA) is 74.8 Å². The lowest BCUT2D eigenvalue weighted by Crippen LogP contribution is -2.35. The molecule has 0 spiro atoms. The molecular weight excluding hydrogens is 254 g/mol. The fraction of sp³-hybridized carbons (Fsp3) is 0.267. The van der Waals surface area contributed by atoms with Gasteiger partial charge in [-0.2, -0.15) is 0 Å². The third-order valence-corrected chi connectivity index (χ3v) is 3.14. The minimum absolute atomic E-state index is 0.0433. The molecule has 5 nitrogen and oxygen atoms in total. The molecule has 0 aliphatic heterocycles. The lowest BCUT2D eigenvalue weighted by molar-refractivity contribution is 0.0938. The van der Waals surface area contributed by atoms with Crippen molar-refractivity contribution in [3.8, 4) is 11.3 Å². The second kappa shape index (κ2) is 6.14. The van der Waals surface area contributed by atoms with Crippen molar-refractivity contribution >= 4 is 5.91 Å². The Labute approximate surface area is 117 Å². The Morgan fingerprint density at radius 2 is 2.00 bits per heavy atom. The number of amides is 1. The van der Waals surface area contributed by atoms with Crippen LogP contribution in [-0.4, -0.2) is 21.9 Å². The van der Waals surface area contributed by atoms with Gasteiger partial charge >= 0.3 is 0 Å². The summed E-state index contributed by atoms with van der Waals surface area (Å²) in [6, 6.07) is 6.91. The molecule has 104 valence electrons. The summed E-state index contributed by atoms with van der Waals surface area (Å²) < 4.78 is 0. The van der Waals surface area contributed by atoms with Crippen LogP contribution in [0.3, 0.4) is 0 Å². The molecule has 5 heteroatoms. The number of nitrogens with one attached hydrogen (secondary N) is 2. The van der Waals surface area contributed by atoms with Crippen molar-refractivity contribution in [1.29, 1.82) is 0 Å². The van der Waals surface area contributed by atoms with Crippen LogP contribution in [0.4, 0.5) is 0 Å². The van der Waals surface area contributed by atoms with Crippen molar-refractivity contribution in [2.75, 3.05) is 0 Å². The first kappa shape index (κ1) is 14.0. The predicted octanol–water partition coefficient (Wildman–Crippen LogP) is 1.97. The van der Waals surface area contributed by atoms with Gasteiger partial charge in [-0.15, -0.1) is 0 Å². The van der Waals surface area contributed by atoms with E-state index in [2.05, 4.69) is 15.3 Å². The second-order valence-electron chi connectivity index (χ2n) is 4.63. The number of nitrogens with zero attached hydrogens (tertiary/aromatic N) is 1. The van der Waals surface area contributed by atoms with Gasteiger partial charge in [0.1, 0.15) is 5.56 Å². The molecule has 0 saturated heterocycles. The summed E-state index contributed by atoms with van der Waals surface area (Å²) in [6.07, 6.45) is 4.12. The average Bonchev–Trinajstić information content (AvgIpc) is 2.47. The fourth-order valence-corrected chi connectivity index (χ4v) is 1.76. The van der Waals surface area contributed by atoms with Crippen LogP contribution in [0.1, 0.15) is 30.6 Å². The van der Waals surface area contributed by atoms with Gasteiger partial charge in [-0.05, 0) is 37.6 Å². The van der Waals surface area contributed by atoms with Gasteiger partial charge in [0.25, 0.3) is 11.5 Å². The molecule has 0 bridgehead atoms. The Morgan fingerprint density at radius 1 is 1.30 bits per heavy atom. The van der Waals surface area contributed by atoms with Crippen LogP contribution >= 0.6 is 0 Å². The van der Waals surface area contributed by atoms with Gasteiger partial charge in [0, 0.05) is 29.7 Å². The molecule has 0 aliphatic carbocycles. The van der Waals surface area contributed by atoms with E-state index in [0.29, 0.717) is 5.69 Å². The van der Waals surface area contributed by atoms with Gasteiger partial charge < -0.3 is 10.3 Å². The van der Waals surface area contributed by atoms with Crippen molar-refractivity contribution in [3.05, 3.63) is 52.6 Å². The maximum atomic E-state index is 12.0. The number of hydrogen-bond donors (Lipinski definition) is 2. The molecule has 2 heterocycles. The monoisotopic (exact) mass is 271 g/mol. The van der Waals surface area contributed by atoms with E-state index >= 15 is 0 Å². The van der Waals surface area contributed by atoms with Crippen LogP contribution in [0.2, 0.25) is 0 Å². The molecule has 2 rings (SSSR count). The summed E-state index contributed by atoms with van der Waals surface area (Å²) in [7, 11) is 0. The van der Waals surface area contributed by atoms with Crippen LogP contribution in [0, 0.1) is 0 Å². The lowest BCUT2D eigenvalue weighted by atomic mass is 10.1. The van der Waals surface area contributed by atoms with Gasteiger partial charge in [0.15, 0.2) is 0 Å². The average molecular weight is 271 g/mol. The van der Waals surface area contributed by atoms with Crippen molar-refractivity contribution in [1.82, 2.24) is 15.3 Å². The summed E-state index contributed by atoms with van der Waals surface area (Å²) in [5.41, 5.74) is 1.26. The minimum atomic E-state index is -0.389. The SMILES string of the molecule is CC[C@H](C)NC(=O)c1ccc(-c2ccncc2)[nH]c1=O. The molecule has 1 atom stereocenters. The number of aromatic amines is 1. The first-order chi connectivity index (χ1) is 9.61. The zero-order valence-electron chi connectivity index (χ0n) is 11.5. The van der Waals surface area contributed by atoms with Gasteiger partial charge in [-0.1, -0.05) is 6.92 Å². The number of rotatable bonds is 4. The van der Waals surface area contributed by atoms with E-state index < -0.39 is 0 Å². The summed E-state index contributed by atoms with van der Waals surface area (Å²) in [5.74, 6) is -0.345. The van der Waals surface area contributed by atoms with E-state index in [1.54, 1.807) is 36.7 Å². The van der Waals surface area contributed by atoms with E-state index in [4.69, 9.17) is 0 Å². The molecule has 0 saturated carbocycles. The van der Waals surface area contributed by atoms with Crippen LogP contribution in [0.15, 0.2) is 41.5 Å². The molecule has 0 unspecified atom stereocenters. The fourth-order valence-electron chi connectivity index (χ4n) is 1.76. The first-order valence-electron chi connectivity index (χ1n) is 6.56. The Morgan fingerprint density at radius 3 is 2.60 bits per heavy atom. The Balaban J connectivity index is 2.27. The maximum absolute atomic E-state index is 12.0. The third-order valence-electron chi connectivity index (χ3n) is 3.14. The van der Waals surface area contributed by atoms with Gasteiger partial charge in [0.2, 0.25) is 0 Å². The Kier molecular flexibility index (Phi) is 4.30. The zero-order valence-corrected chi connectivity index (χ0v) is 11.5. The number of carbonyl (C=O) groups is 1. The molecule has 2 aromatic rings. The van der Waals surface area contributed by atoms with E-state index in [1.165, 1.54) is 0 Å². The quantitative estimate of drug-likeness (QED) is 0.892. The molecule has 1 amide bonds. The van der Waals surface area contributed by atoms with Crippen molar-refractivity contribution in [3.63, 3.8) is 0 Å². The van der Waals surface area contributed by atoms with Gasteiger partial charge in [-0.25, -0.2) is 0 Å². The summed E-state index contributed by atoms with van der Waals surface area (Å²) in [5, 5.41) is 2.78. The van der Waals surface area contributed by atoms with Crippen LogP contribution in [0.25, 0.3) is 11.3 Å². The largest absolute Gasteiger partial charge is 0.349 e. The van der Waals surface area contributed by atoms with Crippen LogP contribution in [0.5, 0.6) is 0 Å². The molecule has 2 aromatic heterocycles. The van der Waals surface area contributed by atoms with Crippen LogP contribution in [-0.2, 0) is 0 Å². The molecule has 0 aliphatic rings. The van der Waals surface area contributed by atoms with Gasteiger partial charge in [-0.3, -0.25) is 14.6 Å².